The SMILES string of the molecule is Cc1nn(-c2cccc(Cl)c2)c(Cl)c1/C=C/c1nc2ccc([N+](=O)[O-])cc2s1. The van der Waals surface area contributed by atoms with Crippen LogP contribution in [0.5, 0.6) is 0 Å². The minimum atomic E-state index is -0.415. The largest absolute Gasteiger partial charge is 0.270 e. The Labute approximate surface area is 173 Å². The number of hydrogen-bond acceptors (Lipinski definition) is 5. The van der Waals surface area contributed by atoms with E-state index in [1.165, 1.54) is 23.5 Å². The molecular formula is C19H12Cl2N4O2S. The highest BCUT2D eigenvalue weighted by Gasteiger charge is 2.14. The summed E-state index contributed by atoms with van der Waals surface area (Å²) in [6, 6.07) is 11.9. The van der Waals surface area contributed by atoms with E-state index in [0.29, 0.717) is 15.7 Å². The van der Waals surface area contributed by atoms with E-state index in [1.54, 1.807) is 22.9 Å². The summed E-state index contributed by atoms with van der Waals surface area (Å²) in [7, 11) is 0. The minimum Gasteiger partial charge on any atom is -0.258 e. The summed E-state index contributed by atoms with van der Waals surface area (Å²) in [4.78, 5) is 15.0. The van der Waals surface area contributed by atoms with Crippen LogP contribution in [-0.2, 0) is 0 Å². The molecule has 4 aromatic rings. The number of rotatable bonds is 4. The van der Waals surface area contributed by atoms with Gasteiger partial charge < -0.3 is 0 Å². The highest BCUT2D eigenvalue weighted by Crippen LogP contribution is 2.29. The number of hydrogen-bond donors (Lipinski definition) is 0. The number of fused-ring (bicyclic) bond motifs is 1. The van der Waals surface area contributed by atoms with Gasteiger partial charge in [0.05, 0.1) is 26.5 Å². The van der Waals surface area contributed by atoms with Crippen LogP contribution in [0.4, 0.5) is 5.69 Å². The molecule has 0 fully saturated rings. The van der Waals surface area contributed by atoms with Crippen molar-refractivity contribution in [3.8, 4) is 5.69 Å². The van der Waals surface area contributed by atoms with Crippen molar-refractivity contribution in [2.24, 2.45) is 0 Å². The maximum absolute atomic E-state index is 10.9. The summed E-state index contributed by atoms with van der Waals surface area (Å²) < 4.78 is 2.38. The first-order chi connectivity index (χ1) is 13.4. The first-order valence-electron chi connectivity index (χ1n) is 8.16. The summed E-state index contributed by atoms with van der Waals surface area (Å²) in [5.74, 6) is 0. The van der Waals surface area contributed by atoms with Gasteiger partial charge in [0, 0.05) is 22.7 Å². The van der Waals surface area contributed by atoms with Crippen LogP contribution >= 0.6 is 34.5 Å². The molecule has 0 unspecified atom stereocenters. The lowest BCUT2D eigenvalue weighted by molar-refractivity contribution is -0.384. The van der Waals surface area contributed by atoms with Crippen LogP contribution in [0.1, 0.15) is 16.3 Å². The molecule has 0 saturated carbocycles. The van der Waals surface area contributed by atoms with E-state index in [1.807, 2.05) is 31.2 Å². The standard InChI is InChI=1S/C19H12Cl2N4O2S/c1-11-15(19(21)24(23-11)13-4-2-3-12(20)9-13)6-8-18-22-16-7-5-14(25(26)27)10-17(16)28-18/h2-10H,1H3/b8-6+. The third-order valence-electron chi connectivity index (χ3n) is 4.09. The Balaban J connectivity index is 1.68. The number of aryl methyl sites for hydroxylation is 1. The molecule has 0 aliphatic heterocycles. The molecule has 0 amide bonds. The first kappa shape index (κ1) is 18.6. The van der Waals surface area contributed by atoms with Gasteiger partial charge in [-0.25, -0.2) is 9.67 Å². The van der Waals surface area contributed by atoms with Gasteiger partial charge in [-0.1, -0.05) is 29.3 Å². The van der Waals surface area contributed by atoms with Crippen LogP contribution in [0.25, 0.3) is 28.1 Å². The lowest BCUT2D eigenvalue weighted by Gasteiger charge is -2.03. The molecule has 2 aromatic heterocycles. The number of thiazole rings is 1. The topological polar surface area (TPSA) is 73.8 Å². The number of nitro groups is 1. The van der Waals surface area contributed by atoms with Gasteiger partial charge in [-0.3, -0.25) is 10.1 Å². The van der Waals surface area contributed by atoms with E-state index in [-0.39, 0.29) is 5.69 Å². The lowest BCUT2D eigenvalue weighted by Crippen LogP contribution is -1.96. The molecule has 0 radical (unpaired) electrons. The monoisotopic (exact) mass is 430 g/mol. The van der Waals surface area contributed by atoms with Crippen molar-refractivity contribution in [3.05, 3.63) is 79.0 Å². The van der Waals surface area contributed by atoms with Gasteiger partial charge in [-0.2, -0.15) is 5.10 Å². The fraction of sp³-hybridized carbons (Fsp3) is 0.0526. The average molecular weight is 431 g/mol. The van der Waals surface area contributed by atoms with E-state index < -0.39 is 4.92 Å². The van der Waals surface area contributed by atoms with E-state index in [0.717, 1.165) is 26.7 Å². The molecule has 140 valence electrons. The molecule has 2 heterocycles. The third kappa shape index (κ3) is 3.52. The second-order valence-corrected chi connectivity index (χ2v) is 7.83. The zero-order valence-corrected chi connectivity index (χ0v) is 16.8. The second kappa shape index (κ2) is 7.35. The molecule has 0 spiro atoms. The maximum Gasteiger partial charge on any atom is 0.270 e. The van der Waals surface area contributed by atoms with Gasteiger partial charge in [0.1, 0.15) is 10.2 Å². The maximum atomic E-state index is 10.9. The third-order valence-corrected chi connectivity index (χ3v) is 5.67. The Morgan fingerprint density at radius 1 is 1.18 bits per heavy atom. The molecule has 0 bridgehead atoms. The molecule has 0 aliphatic carbocycles. The quantitative estimate of drug-likeness (QED) is 0.286. The molecule has 0 aliphatic rings. The fourth-order valence-electron chi connectivity index (χ4n) is 2.75. The van der Waals surface area contributed by atoms with Gasteiger partial charge in [-0.15, -0.1) is 11.3 Å². The van der Waals surface area contributed by atoms with Crippen LogP contribution < -0.4 is 0 Å². The highest BCUT2D eigenvalue weighted by molar-refractivity contribution is 7.19. The summed E-state index contributed by atoms with van der Waals surface area (Å²) in [6.07, 6.45) is 3.67. The van der Waals surface area contributed by atoms with Crippen LogP contribution in [0.2, 0.25) is 10.2 Å². The Hall–Kier alpha value is -2.74. The van der Waals surface area contributed by atoms with Gasteiger partial charge in [0.15, 0.2) is 0 Å². The number of halogens is 2. The highest BCUT2D eigenvalue weighted by atomic mass is 35.5. The number of non-ortho nitro benzene ring substituents is 1. The fourth-order valence-corrected chi connectivity index (χ4v) is 4.17. The zero-order valence-electron chi connectivity index (χ0n) is 14.5. The van der Waals surface area contributed by atoms with Crippen molar-refractivity contribution in [1.29, 1.82) is 0 Å². The Morgan fingerprint density at radius 2 is 2.00 bits per heavy atom. The zero-order chi connectivity index (χ0) is 19.8. The van der Waals surface area contributed by atoms with Crippen LogP contribution in [0.15, 0.2) is 42.5 Å². The molecule has 28 heavy (non-hydrogen) atoms. The minimum absolute atomic E-state index is 0.0494. The Morgan fingerprint density at radius 3 is 2.75 bits per heavy atom. The van der Waals surface area contributed by atoms with Crippen LogP contribution in [-0.4, -0.2) is 19.7 Å². The summed E-state index contributed by atoms with van der Waals surface area (Å²) in [6.45, 7) is 1.87. The Bertz CT molecular complexity index is 1250. The number of nitrogens with zero attached hydrogens (tertiary/aromatic N) is 4. The van der Waals surface area contributed by atoms with Crippen molar-refractivity contribution in [2.75, 3.05) is 0 Å². The lowest BCUT2D eigenvalue weighted by atomic mass is 10.2. The van der Waals surface area contributed by atoms with Gasteiger partial charge in [0.25, 0.3) is 5.69 Å². The molecular weight excluding hydrogens is 419 g/mol. The van der Waals surface area contributed by atoms with E-state index in [2.05, 4.69) is 10.1 Å². The van der Waals surface area contributed by atoms with Crippen molar-refractivity contribution in [1.82, 2.24) is 14.8 Å². The van der Waals surface area contributed by atoms with Crippen LogP contribution in [0, 0.1) is 17.0 Å². The molecule has 2 aromatic carbocycles. The van der Waals surface area contributed by atoms with Crippen molar-refractivity contribution in [2.45, 2.75) is 6.92 Å². The van der Waals surface area contributed by atoms with Crippen LogP contribution in [0.3, 0.4) is 0 Å². The number of benzene rings is 2. The predicted molar refractivity (Wildman–Crippen MR) is 114 cm³/mol. The number of nitro benzene ring substituents is 1. The van der Waals surface area contributed by atoms with Gasteiger partial charge in [0.2, 0.25) is 0 Å². The summed E-state index contributed by atoms with van der Waals surface area (Å²) >= 11 is 14.0. The normalized spacial score (nSPS) is 11.5. The first-order valence-corrected chi connectivity index (χ1v) is 9.74. The van der Waals surface area contributed by atoms with Crippen molar-refractivity contribution >= 4 is 62.6 Å². The van der Waals surface area contributed by atoms with Crippen molar-refractivity contribution in [3.63, 3.8) is 0 Å². The Kier molecular flexibility index (Phi) is 4.89. The van der Waals surface area contributed by atoms with Crippen molar-refractivity contribution < 1.29 is 4.92 Å². The molecule has 9 heteroatoms. The molecule has 0 saturated heterocycles. The van der Waals surface area contributed by atoms with E-state index in [4.69, 9.17) is 23.2 Å². The average Bonchev–Trinajstić information content (AvgIpc) is 3.19. The number of aromatic nitrogens is 3. The van der Waals surface area contributed by atoms with E-state index >= 15 is 0 Å². The molecule has 4 rings (SSSR count). The van der Waals surface area contributed by atoms with E-state index in [9.17, 15) is 10.1 Å². The van der Waals surface area contributed by atoms with Gasteiger partial charge >= 0.3 is 0 Å². The predicted octanol–water partition coefficient (Wildman–Crippen LogP) is 6.18. The molecule has 0 N–H and O–H groups in total. The molecule has 6 nitrogen and oxygen atoms in total. The molecule has 0 atom stereocenters. The smallest absolute Gasteiger partial charge is 0.258 e. The second-order valence-electron chi connectivity index (χ2n) is 5.98. The van der Waals surface area contributed by atoms with Gasteiger partial charge in [-0.05, 0) is 43.3 Å². The summed E-state index contributed by atoms with van der Waals surface area (Å²) in [5.41, 5.74) is 3.07. The summed E-state index contributed by atoms with van der Waals surface area (Å²) in [5, 5.41) is 17.2.